The van der Waals surface area contributed by atoms with Crippen LogP contribution in [0.5, 0.6) is 0 Å². The first-order valence-electron chi connectivity index (χ1n) is 6.91. The molecular formula is C15H18N4O. The van der Waals surface area contributed by atoms with Gasteiger partial charge >= 0.3 is 0 Å². The molecule has 2 N–H and O–H groups in total. The molecule has 1 amide bonds. The molecule has 2 aromatic rings. The van der Waals surface area contributed by atoms with Gasteiger partial charge in [-0.15, -0.1) is 0 Å². The fraction of sp³-hybridized carbons (Fsp3) is 0.333. The molecule has 5 nitrogen and oxygen atoms in total. The van der Waals surface area contributed by atoms with Gasteiger partial charge in [0.2, 0.25) is 0 Å². The molecule has 5 heteroatoms. The molecule has 104 valence electrons. The molecule has 0 unspecified atom stereocenters. The minimum atomic E-state index is -0.180. The van der Waals surface area contributed by atoms with Crippen molar-refractivity contribution in [2.45, 2.75) is 19.8 Å². The third kappa shape index (κ3) is 2.52. The number of benzene rings is 1. The number of carbonyl (C=O) groups is 1. The van der Waals surface area contributed by atoms with E-state index in [0.29, 0.717) is 5.69 Å². The van der Waals surface area contributed by atoms with Crippen LogP contribution < -0.4 is 10.2 Å². The van der Waals surface area contributed by atoms with Crippen LogP contribution in [0, 0.1) is 6.92 Å². The number of hydrogen-bond acceptors (Lipinski definition) is 3. The highest BCUT2D eigenvalue weighted by atomic mass is 16.1. The summed E-state index contributed by atoms with van der Waals surface area (Å²) in [5.41, 5.74) is 3.23. The number of amides is 1. The first-order valence-corrected chi connectivity index (χ1v) is 6.91. The summed E-state index contributed by atoms with van der Waals surface area (Å²) in [7, 11) is 0. The van der Waals surface area contributed by atoms with Gasteiger partial charge in [-0.25, -0.2) is 0 Å². The minimum Gasteiger partial charge on any atom is -0.370 e. The predicted octanol–water partition coefficient (Wildman–Crippen LogP) is 2.57. The van der Waals surface area contributed by atoms with E-state index in [4.69, 9.17) is 0 Å². The molecule has 1 aromatic carbocycles. The Labute approximate surface area is 118 Å². The molecule has 2 heterocycles. The number of carbonyl (C=O) groups excluding carboxylic acids is 1. The summed E-state index contributed by atoms with van der Waals surface area (Å²) in [5.74, 6) is -0.180. The Kier molecular flexibility index (Phi) is 3.41. The largest absolute Gasteiger partial charge is 0.370 e. The van der Waals surface area contributed by atoms with Crippen molar-refractivity contribution < 1.29 is 4.79 Å². The third-order valence-corrected chi connectivity index (χ3v) is 3.54. The van der Waals surface area contributed by atoms with Gasteiger partial charge in [0.1, 0.15) is 0 Å². The van der Waals surface area contributed by atoms with Crippen LogP contribution in [0.25, 0.3) is 0 Å². The lowest BCUT2D eigenvalue weighted by Crippen LogP contribution is -2.21. The van der Waals surface area contributed by atoms with E-state index in [9.17, 15) is 4.79 Å². The number of rotatable bonds is 3. The third-order valence-electron chi connectivity index (χ3n) is 3.54. The van der Waals surface area contributed by atoms with E-state index < -0.39 is 0 Å². The van der Waals surface area contributed by atoms with Gasteiger partial charge in [0, 0.05) is 18.8 Å². The van der Waals surface area contributed by atoms with Crippen molar-refractivity contribution in [3.63, 3.8) is 0 Å². The van der Waals surface area contributed by atoms with Crippen molar-refractivity contribution in [3.05, 3.63) is 41.7 Å². The molecule has 1 aliphatic rings. The molecule has 0 bridgehead atoms. The van der Waals surface area contributed by atoms with Crippen molar-refractivity contribution in [1.29, 1.82) is 0 Å². The van der Waals surface area contributed by atoms with Crippen LogP contribution in [0.4, 0.5) is 11.4 Å². The van der Waals surface area contributed by atoms with Gasteiger partial charge in [0.25, 0.3) is 5.91 Å². The smallest absolute Gasteiger partial charge is 0.276 e. The molecule has 20 heavy (non-hydrogen) atoms. The lowest BCUT2D eigenvalue weighted by molar-refractivity contribution is 0.102. The zero-order chi connectivity index (χ0) is 13.9. The topological polar surface area (TPSA) is 61.0 Å². The molecular weight excluding hydrogens is 252 g/mol. The number of anilines is 2. The molecule has 1 saturated heterocycles. The lowest BCUT2D eigenvalue weighted by Gasteiger charge is -2.21. The van der Waals surface area contributed by atoms with Crippen molar-refractivity contribution >= 4 is 17.3 Å². The summed E-state index contributed by atoms with van der Waals surface area (Å²) >= 11 is 0. The summed E-state index contributed by atoms with van der Waals surface area (Å²) < 4.78 is 0. The van der Waals surface area contributed by atoms with E-state index in [-0.39, 0.29) is 5.91 Å². The zero-order valence-corrected chi connectivity index (χ0v) is 11.5. The molecule has 0 atom stereocenters. The van der Waals surface area contributed by atoms with Crippen LogP contribution in [-0.4, -0.2) is 29.2 Å². The Balaban J connectivity index is 1.81. The average Bonchev–Trinajstić information content (AvgIpc) is 3.10. The summed E-state index contributed by atoms with van der Waals surface area (Å²) in [6, 6.07) is 9.67. The maximum atomic E-state index is 12.2. The number of hydrogen-bond donors (Lipinski definition) is 2. The number of aryl methyl sites for hydroxylation is 1. The Morgan fingerprint density at radius 2 is 2.05 bits per heavy atom. The Hall–Kier alpha value is -2.30. The molecule has 0 radical (unpaired) electrons. The van der Waals surface area contributed by atoms with E-state index >= 15 is 0 Å². The number of nitrogens with one attached hydrogen (secondary N) is 2. The molecule has 0 saturated carbocycles. The molecule has 0 spiro atoms. The van der Waals surface area contributed by atoms with E-state index in [1.165, 1.54) is 12.8 Å². The summed E-state index contributed by atoms with van der Waals surface area (Å²) in [4.78, 5) is 14.5. The van der Waals surface area contributed by atoms with Crippen molar-refractivity contribution in [3.8, 4) is 0 Å². The van der Waals surface area contributed by atoms with E-state index in [1.807, 2.05) is 25.1 Å². The Morgan fingerprint density at radius 3 is 2.75 bits per heavy atom. The van der Waals surface area contributed by atoms with Gasteiger partial charge in [0.05, 0.1) is 11.4 Å². The van der Waals surface area contributed by atoms with E-state index in [2.05, 4.69) is 26.5 Å². The fourth-order valence-corrected chi connectivity index (χ4v) is 2.53. The zero-order valence-electron chi connectivity index (χ0n) is 11.5. The van der Waals surface area contributed by atoms with E-state index in [0.717, 1.165) is 30.2 Å². The summed E-state index contributed by atoms with van der Waals surface area (Å²) in [5, 5.41) is 9.73. The maximum Gasteiger partial charge on any atom is 0.276 e. The normalized spacial score (nSPS) is 14.6. The summed E-state index contributed by atoms with van der Waals surface area (Å²) in [6.45, 7) is 3.98. The number of nitrogens with zero attached hydrogens (tertiary/aromatic N) is 2. The molecule has 1 fully saturated rings. The van der Waals surface area contributed by atoms with Crippen LogP contribution in [0.15, 0.2) is 30.3 Å². The first-order chi connectivity index (χ1) is 9.74. The Morgan fingerprint density at radius 1 is 1.30 bits per heavy atom. The Bertz CT molecular complexity index is 614. The highest BCUT2D eigenvalue weighted by Gasteiger charge is 2.17. The van der Waals surface area contributed by atoms with Crippen LogP contribution in [0.3, 0.4) is 0 Å². The van der Waals surface area contributed by atoms with Crippen molar-refractivity contribution in [2.24, 2.45) is 0 Å². The highest BCUT2D eigenvalue weighted by molar-refractivity contribution is 6.04. The second-order valence-electron chi connectivity index (χ2n) is 5.10. The number of para-hydroxylation sites is 2. The monoisotopic (exact) mass is 270 g/mol. The van der Waals surface area contributed by atoms with Crippen molar-refractivity contribution in [1.82, 2.24) is 10.2 Å². The molecule has 0 aliphatic carbocycles. The first kappa shape index (κ1) is 12.7. The fourth-order valence-electron chi connectivity index (χ4n) is 2.53. The van der Waals surface area contributed by atoms with Crippen LogP contribution in [0.2, 0.25) is 0 Å². The van der Waals surface area contributed by atoms with Crippen LogP contribution in [0.1, 0.15) is 29.0 Å². The van der Waals surface area contributed by atoms with Gasteiger partial charge in [-0.2, -0.15) is 5.10 Å². The van der Waals surface area contributed by atoms with Gasteiger partial charge in [-0.05, 0) is 38.0 Å². The maximum absolute atomic E-state index is 12.2. The second-order valence-corrected chi connectivity index (χ2v) is 5.10. The van der Waals surface area contributed by atoms with Gasteiger partial charge in [0.15, 0.2) is 5.69 Å². The standard InChI is InChI=1S/C15H18N4O/c1-11-10-13(18-17-11)15(20)16-12-6-2-3-7-14(12)19-8-4-5-9-19/h2-3,6-7,10H,4-5,8-9H2,1H3,(H,16,20)(H,17,18). The average molecular weight is 270 g/mol. The summed E-state index contributed by atoms with van der Waals surface area (Å²) in [6.07, 6.45) is 2.42. The number of aromatic amines is 1. The highest BCUT2D eigenvalue weighted by Crippen LogP contribution is 2.28. The predicted molar refractivity (Wildman–Crippen MR) is 79.2 cm³/mol. The van der Waals surface area contributed by atoms with Crippen LogP contribution in [-0.2, 0) is 0 Å². The number of aromatic nitrogens is 2. The SMILES string of the molecule is Cc1cc(C(=O)Nc2ccccc2N2CCCC2)n[nH]1. The molecule has 1 aliphatic heterocycles. The van der Waals surface area contributed by atoms with Gasteiger partial charge in [-0.1, -0.05) is 12.1 Å². The second kappa shape index (κ2) is 5.36. The van der Waals surface area contributed by atoms with Gasteiger partial charge < -0.3 is 10.2 Å². The minimum absolute atomic E-state index is 0.180. The quantitative estimate of drug-likeness (QED) is 0.901. The van der Waals surface area contributed by atoms with Crippen molar-refractivity contribution in [2.75, 3.05) is 23.3 Å². The van der Waals surface area contributed by atoms with Gasteiger partial charge in [-0.3, -0.25) is 9.89 Å². The van der Waals surface area contributed by atoms with E-state index in [1.54, 1.807) is 6.07 Å². The molecule has 1 aromatic heterocycles. The molecule has 3 rings (SSSR count). The van der Waals surface area contributed by atoms with Crippen LogP contribution >= 0.6 is 0 Å². The lowest BCUT2D eigenvalue weighted by atomic mass is 10.2. The number of H-pyrrole nitrogens is 1.